The Bertz CT molecular complexity index is 1040. The van der Waals surface area contributed by atoms with Crippen molar-refractivity contribution in [3.8, 4) is 11.5 Å². The van der Waals surface area contributed by atoms with Gasteiger partial charge in [0.15, 0.2) is 0 Å². The third-order valence-corrected chi connectivity index (χ3v) is 6.02. The fourth-order valence-corrected chi connectivity index (χ4v) is 4.05. The van der Waals surface area contributed by atoms with Gasteiger partial charge >= 0.3 is 0 Å². The van der Waals surface area contributed by atoms with Gasteiger partial charge in [-0.2, -0.15) is 0 Å². The fourth-order valence-electron chi connectivity index (χ4n) is 4.05. The number of piperazine rings is 1. The zero-order chi connectivity index (χ0) is 23.0. The maximum absolute atomic E-state index is 12.3. The van der Waals surface area contributed by atoms with Gasteiger partial charge in [-0.15, -0.1) is 0 Å². The molecule has 0 spiro atoms. The number of hydrogen-bond acceptors (Lipinski definition) is 5. The topological polar surface area (TPSA) is 59.0 Å². The molecule has 1 fully saturated rings. The molecule has 174 valence electrons. The second-order valence-corrected chi connectivity index (χ2v) is 8.19. The number of aryl methyl sites for hydroxylation is 1. The maximum Gasteiger partial charge on any atom is 0.267 e. The average Bonchev–Trinajstić information content (AvgIpc) is 3.29. The van der Waals surface area contributed by atoms with Crippen molar-refractivity contribution in [1.82, 2.24) is 14.8 Å². The van der Waals surface area contributed by atoms with E-state index >= 15 is 0 Å². The molecule has 4 rings (SSSR count). The third-order valence-electron chi connectivity index (χ3n) is 6.02. The van der Waals surface area contributed by atoms with Crippen LogP contribution in [-0.4, -0.2) is 61.8 Å². The standard InChI is InChI=1S/C26H32N4O3/c1-28-14-5-7-24(28)26(31)27-13-15-29-16-18-30(19-17-29)23-6-3-4-8-25(23)33-20-21-9-11-22(32-2)12-10-21/h3-12,14H,13,15-20H2,1-2H3,(H,27,31). The van der Waals surface area contributed by atoms with E-state index in [9.17, 15) is 4.79 Å². The van der Waals surface area contributed by atoms with E-state index in [-0.39, 0.29) is 5.91 Å². The zero-order valence-corrected chi connectivity index (χ0v) is 19.4. The van der Waals surface area contributed by atoms with E-state index in [4.69, 9.17) is 9.47 Å². The molecule has 1 aliphatic rings. The molecule has 1 N–H and O–H groups in total. The minimum atomic E-state index is -0.0240. The van der Waals surface area contributed by atoms with Crippen molar-refractivity contribution in [2.45, 2.75) is 6.61 Å². The Hall–Kier alpha value is -3.45. The van der Waals surface area contributed by atoms with Gasteiger partial charge < -0.3 is 24.3 Å². The second-order valence-electron chi connectivity index (χ2n) is 8.19. The molecule has 7 nitrogen and oxygen atoms in total. The summed E-state index contributed by atoms with van der Waals surface area (Å²) in [6, 6.07) is 19.9. The van der Waals surface area contributed by atoms with Crippen LogP contribution in [0.3, 0.4) is 0 Å². The molecule has 1 saturated heterocycles. The van der Waals surface area contributed by atoms with Crippen molar-refractivity contribution in [3.05, 3.63) is 78.1 Å². The fraction of sp³-hybridized carbons (Fsp3) is 0.346. The lowest BCUT2D eigenvalue weighted by atomic mass is 10.2. The van der Waals surface area contributed by atoms with Gasteiger partial charge in [0.1, 0.15) is 23.8 Å². The van der Waals surface area contributed by atoms with E-state index < -0.39 is 0 Å². The number of carbonyl (C=O) groups excluding carboxylic acids is 1. The van der Waals surface area contributed by atoms with Crippen LogP contribution < -0.4 is 19.7 Å². The van der Waals surface area contributed by atoms with Crippen molar-refractivity contribution in [2.75, 3.05) is 51.3 Å². The monoisotopic (exact) mass is 448 g/mol. The van der Waals surface area contributed by atoms with Crippen LogP contribution in [0.2, 0.25) is 0 Å². The summed E-state index contributed by atoms with van der Waals surface area (Å²) in [4.78, 5) is 17.0. The highest BCUT2D eigenvalue weighted by molar-refractivity contribution is 5.92. The van der Waals surface area contributed by atoms with Crippen LogP contribution in [0.1, 0.15) is 16.1 Å². The molecule has 0 bridgehead atoms. The Morgan fingerprint density at radius 3 is 2.42 bits per heavy atom. The number of methoxy groups -OCH3 is 1. The normalized spacial score (nSPS) is 14.2. The molecule has 7 heteroatoms. The SMILES string of the molecule is COc1ccc(COc2ccccc2N2CCN(CCNC(=O)c3cccn3C)CC2)cc1. The Balaban J connectivity index is 1.25. The lowest BCUT2D eigenvalue weighted by Gasteiger charge is -2.36. The lowest BCUT2D eigenvalue weighted by molar-refractivity contribution is 0.0939. The van der Waals surface area contributed by atoms with E-state index in [1.807, 2.05) is 66.3 Å². The van der Waals surface area contributed by atoms with Crippen molar-refractivity contribution >= 4 is 11.6 Å². The first-order valence-corrected chi connectivity index (χ1v) is 11.4. The molecule has 0 unspecified atom stereocenters. The zero-order valence-electron chi connectivity index (χ0n) is 19.4. The Morgan fingerprint density at radius 1 is 0.970 bits per heavy atom. The number of para-hydroxylation sites is 2. The molecule has 0 atom stereocenters. The number of anilines is 1. The van der Waals surface area contributed by atoms with Crippen LogP contribution in [0.15, 0.2) is 66.9 Å². The first-order valence-electron chi connectivity index (χ1n) is 11.4. The highest BCUT2D eigenvalue weighted by Crippen LogP contribution is 2.29. The first-order chi connectivity index (χ1) is 16.1. The minimum Gasteiger partial charge on any atom is -0.497 e. The van der Waals surface area contributed by atoms with Crippen molar-refractivity contribution < 1.29 is 14.3 Å². The number of rotatable bonds is 9. The molecule has 0 saturated carbocycles. The van der Waals surface area contributed by atoms with Gasteiger partial charge in [0.25, 0.3) is 5.91 Å². The van der Waals surface area contributed by atoms with Gasteiger partial charge in [-0.25, -0.2) is 0 Å². The summed E-state index contributed by atoms with van der Waals surface area (Å²) in [6.45, 7) is 5.76. The second kappa shape index (κ2) is 10.9. The van der Waals surface area contributed by atoms with E-state index in [2.05, 4.69) is 27.2 Å². The highest BCUT2D eigenvalue weighted by atomic mass is 16.5. The summed E-state index contributed by atoms with van der Waals surface area (Å²) in [6.07, 6.45) is 1.88. The van der Waals surface area contributed by atoms with Crippen molar-refractivity contribution in [1.29, 1.82) is 0 Å². The molecule has 33 heavy (non-hydrogen) atoms. The first kappa shape index (κ1) is 22.7. The van der Waals surface area contributed by atoms with Crippen LogP contribution in [-0.2, 0) is 13.7 Å². The highest BCUT2D eigenvalue weighted by Gasteiger charge is 2.20. The van der Waals surface area contributed by atoms with E-state index in [1.54, 1.807) is 7.11 Å². The third kappa shape index (κ3) is 5.87. The van der Waals surface area contributed by atoms with E-state index in [0.29, 0.717) is 18.8 Å². The minimum absolute atomic E-state index is 0.0240. The van der Waals surface area contributed by atoms with Crippen LogP contribution >= 0.6 is 0 Å². The summed E-state index contributed by atoms with van der Waals surface area (Å²) in [5, 5.41) is 3.02. The van der Waals surface area contributed by atoms with Gasteiger partial charge in [-0.1, -0.05) is 24.3 Å². The molecule has 1 amide bonds. The number of hydrogen-bond donors (Lipinski definition) is 1. The van der Waals surface area contributed by atoms with E-state index in [1.165, 1.54) is 0 Å². The average molecular weight is 449 g/mol. The van der Waals surface area contributed by atoms with Gasteiger partial charge in [0, 0.05) is 52.5 Å². The Morgan fingerprint density at radius 2 is 1.73 bits per heavy atom. The summed E-state index contributed by atoms with van der Waals surface area (Å²) in [5.41, 5.74) is 2.92. The largest absolute Gasteiger partial charge is 0.497 e. The number of benzene rings is 2. The van der Waals surface area contributed by atoms with Gasteiger partial charge in [0.2, 0.25) is 0 Å². The Labute approximate surface area is 195 Å². The summed E-state index contributed by atoms with van der Waals surface area (Å²) < 4.78 is 13.2. The quantitative estimate of drug-likeness (QED) is 0.545. The van der Waals surface area contributed by atoms with Gasteiger partial charge in [-0.3, -0.25) is 9.69 Å². The number of aromatic nitrogens is 1. The number of nitrogens with one attached hydrogen (secondary N) is 1. The molecule has 3 aromatic rings. The smallest absolute Gasteiger partial charge is 0.267 e. The van der Waals surface area contributed by atoms with Crippen LogP contribution in [0.4, 0.5) is 5.69 Å². The number of carbonyl (C=O) groups is 1. The molecule has 0 aliphatic carbocycles. The van der Waals surface area contributed by atoms with E-state index in [0.717, 1.165) is 55.5 Å². The molecule has 2 aromatic carbocycles. The molecule has 1 aliphatic heterocycles. The van der Waals surface area contributed by atoms with Crippen LogP contribution in [0, 0.1) is 0 Å². The summed E-state index contributed by atoms with van der Waals surface area (Å²) >= 11 is 0. The predicted octanol–water partition coefficient (Wildman–Crippen LogP) is 3.16. The predicted molar refractivity (Wildman–Crippen MR) is 130 cm³/mol. The Kier molecular flexibility index (Phi) is 7.52. The maximum atomic E-state index is 12.3. The molecule has 2 heterocycles. The molecular formula is C26H32N4O3. The molecule has 0 radical (unpaired) electrons. The van der Waals surface area contributed by atoms with Gasteiger partial charge in [-0.05, 0) is 42.0 Å². The molecular weight excluding hydrogens is 416 g/mol. The van der Waals surface area contributed by atoms with Crippen LogP contribution in [0.5, 0.6) is 11.5 Å². The summed E-state index contributed by atoms with van der Waals surface area (Å²) in [5.74, 6) is 1.72. The lowest BCUT2D eigenvalue weighted by Crippen LogP contribution is -2.48. The van der Waals surface area contributed by atoms with Crippen LogP contribution in [0.25, 0.3) is 0 Å². The van der Waals surface area contributed by atoms with Gasteiger partial charge in [0.05, 0.1) is 12.8 Å². The number of ether oxygens (including phenoxy) is 2. The number of amides is 1. The van der Waals surface area contributed by atoms with Crippen molar-refractivity contribution in [2.24, 2.45) is 7.05 Å². The summed E-state index contributed by atoms with van der Waals surface area (Å²) in [7, 11) is 3.55. The molecule has 1 aromatic heterocycles. The number of nitrogens with zero attached hydrogens (tertiary/aromatic N) is 3. The van der Waals surface area contributed by atoms with Crippen molar-refractivity contribution in [3.63, 3.8) is 0 Å².